The number of pyridine rings is 2. The third-order valence-electron chi connectivity index (χ3n) is 3.78. The van der Waals surface area contributed by atoms with Crippen LogP contribution in [0.2, 0.25) is 0 Å². The minimum atomic E-state index is -0.157. The Kier molecular flexibility index (Phi) is 4.29. The molecule has 7 heteroatoms. The van der Waals surface area contributed by atoms with Crippen LogP contribution >= 0.6 is 0 Å². The first kappa shape index (κ1) is 15.7. The lowest BCUT2D eigenvalue weighted by molar-refractivity contribution is 0.398. The molecule has 0 saturated heterocycles. The lowest BCUT2D eigenvalue weighted by Gasteiger charge is -2.08. The summed E-state index contributed by atoms with van der Waals surface area (Å²) in [5, 5.41) is 13.8. The Morgan fingerprint density at radius 3 is 2.88 bits per heavy atom. The fourth-order valence-corrected chi connectivity index (χ4v) is 2.60. The van der Waals surface area contributed by atoms with E-state index in [1.807, 2.05) is 30.1 Å². The average Bonchev–Trinajstić information content (AvgIpc) is 3.01. The molecular formula is C17H17N5O2. The van der Waals surface area contributed by atoms with Crippen LogP contribution in [0, 0.1) is 18.3 Å². The second-order valence-electron chi connectivity index (χ2n) is 5.54. The molecule has 0 unspecified atom stereocenters. The summed E-state index contributed by atoms with van der Waals surface area (Å²) in [6.07, 6.45) is 6.28. The number of aromatic nitrogens is 4. The largest absolute Gasteiger partial charge is 0.480 e. The van der Waals surface area contributed by atoms with Crippen LogP contribution in [0.1, 0.15) is 17.5 Å². The highest BCUT2D eigenvalue weighted by Gasteiger charge is 2.10. The van der Waals surface area contributed by atoms with E-state index in [0.29, 0.717) is 17.4 Å². The number of aryl methyl sites for hydroxylation is 3. The zero-order valence-corrected chi connectivity index (χ0v) is 13.6. The number of hydrogen-bond acceptors (Lipinski definition) is 5. The zero-order valence-electron chi connectivity index (χ0n) is 13.6. The van der Waals surface area contributed by atoms with Gasteiger partial charge in [0.2, 0.25) is 5.88 Å². The number of rotatable bonds is 5. The van der Waals surface area contributed by atoms with E-state index >= 15 is 0 Å². The van der Waals surface area contributed by atoms with Crippen molar-refractivity contribution in [2.75, 3.05) is 7.11 Å². The van der Waals surface area contributed by atoms with Gasteiger partial charge in [-0.1, -0.05) is 0 Å². The van der Waals surface area contributed by atoms with Crippen LogP contribution in [0.3, 0.4) is 0 Å². The van der Waals surface area contributed by atoms with Gasteiger partial charge in [0.15, 0.2) is 0 Å². The molecule has 24 heavy (non-hydrogen) atoms. The smallest absolute Gasteiger partial charge is 0.260 e. The third-order valence-corrected chi connectivity index (χ3v) is 3.78. The summed E-state index contributed by atoms with van der Waals surface area (Å²) < 4.78 is 8.57. The SMILES string of the molecule is COc1nc2ccn(CCCn3cc(C)cn3)c(=O)c2cc1C#N. The standard InChI is InChI=1S/C17H17N5O2/c1-12-10-19-22(11-12)6-3-5-21-7-4-15-14(17(21)23)8-13(9-18)16(20-15)24-2/h4,7-8,10-11H,3,5-6H2,1-2H3. The third kappa shape index (κ3) is 2.99. The number of ether oxygens (including phenoxy) is 1. The van der Waals surface area contributed by atoms with Crippen molar-refractivity contribution in [3.8, 4) is 11.9 Å². The summed E-state index contributed by atoms with van der Waals surface area (Å²) >= 11 is 0. The summed E-state index contributed by atoms with van der Waals surface area (Å²) in [6.45, 7) is 3.30. The second kappa shape index (κ2) is 6.54. The molecule has 0 fully saturated rings. The minimum absolute atomic E-state index is 0.157. The molecule has 0 aromatic carbocycles. The molecule has 0 spiro atoms. The van der Waals surface area contributed by atoms with Gasteiger partial charge in [0.1, 0.15) is 11.6 Å². The van der Waals surface area contributed by atoms with Gasteiger partial charge in [-0.25, -0.2) is 4.98 Å². The summed E-state index contributed by atoms with van der Waals surface area (Å²) in [5.41, 5.74) is 1.74. The van der Waals surface area contributed by atoms with Crippen molar-refractivity contribution in [1.82, 2.24) is 19.3 Å². The van der Waals surface area contributed by atoms with Crippen LogP contribution < -0.4 is 10.3 Å². The van der Waals surface area contributed by atoms with Crippen LogP contribution in [0.4, 0.5) is 0 Å². The quantitative estimate of drug-likeness (QED) is 0.715. The molecule has 3 aromatic heterocycles. The summed E-state index contributed by atoms with van der Waals surface area (Å²) in [6, 6.07) is 5.31. The van der Waals surface area contributed by atoms with E-state index in [1.54, 1.807) is 16.8 Å². The van der Waals surface area contributed by atoms with Crippen molar-refractivity contribution < 1.29 is 4.74 Å². The molecule has 3 aromatic rings. The zero-order chi connectivity index (χ0) is 17.1. The molecule has 0 bridgehead atoms. The highest BCUT2D eigenvalue weighted by Crippen LogP contribution is 2.19. The number of nitriles is 1. The predicted octanol–water partition coefficient (Wildman–Crippen LogP) is 1.87. The second-order valence-corrected chi connectivity index (χ2v) is 5.54. The Balaban J connectivity index is 1.85. The monoisotopic (exact) mass is 323 g/mol. The van der Waals surface area contributed by atoms with E-state index < -0.39 is 0 Å². The molecule has 0 N–H and O–H groups in total. The number of methoxy groups -OCH3 is 1. The number of nitrogens with zero attached hydrogens (tertiary/aromatic N) is 5. The molecule has 0 radical (unpaired) electrons. The molecule has 3 rings (SSSR count). The average molecular weight is 323 g/mol. The van der Waals surface area contributed by atoms with Gasteiger partial charge in [-0.05, 0) is 31.0 Å². The van der Waals surface area contributed by atoms with Gasteiger partial charge in [0.25, 0.3) is 5.56 Å². The Bertz CT molecular complexity index is 981. The molecule has 7 nitrogen and oxygen atoms in total. The van der Waals surface area contributed by atoms with Crippen molar-refractivity contribution in [2.45, 2.75) is 26.4 Å². The predicted molar refractivity (Wildman–Crippen MR) is 88.9 cm³/mol. The van der Waals surface area contributed by atoms with Gasteiger partial charge in [0, 0.05) is 25.5 Å². The van der Waals surface area contributed by atoms with Gasteiger partial charge in [0.05, 0.1) is 24.2 Å². The Hall–Kier alpha value is -3.14. The van der Waals surface area contributed by atoms with Crippen LogP contribution in [-0.4, -0.2) is 26.4 Å². The van der Waals surface area contributed by atoms with Crippen LogP contribution in [0.25, 0.3) is 10.9 Å². The van der Waals surface area contributed by atoms with Gasteiger partial charge in [-0.2, -0.15) is 10.4 Å². The Labute approximate surface area is 138 Å². The molecule has 122 valence electrons. The topological polar surface area (TPSA) is 85.7 Å². The van der Waals surface area contributed by atoms with Crippen molar-refractivity contribution >= 4 is 10.9 Å². The molecule has 0 saturated carbocycles. The fraction of sp³-hybridized carbons (Fsp3) is 0.294. The highest BCUT2D eigenvalue weighted by molar-refractivity contribution is 5.79. The lowest BCUT2D eigenvalue weighted by Crippen LogP contribution is -2.21. The van der Waals surface area contributed by atoms with Gasteiger partial charge >= 0.3 is 0 Å². The molecule has 0 aliphatic heterocycles. The highest BCUT2D eigenvalue weighted by atomic mass is 16.5. The van der Waals surface area contributed by atoms with Crippen LogP contribution in [0.15, 0.2) is 35.5 Å². The van der Waals surface area contributed by atoms with Crippen LogP contribution in [-0.2, 0) is 13.1 Å². The summed E-state index contributed by atoms with van der Waals surface area (Å²) in [5.74, 6) is 0.233. The molecule has 0 aliphatic rings. The van der Waals surface area contributed by atoms with Crippen molar-refractivity contribution in [3.63, 3.8) is 0 Å². The number of fused-ring (bicyclic) bond motifs is 1. The maximum absolute atomic E-state index is 12.6. The van der Waals surface area contributed by atoms with Gasteiger partial charge < -0.3 is 9.30 Å². The van der Waals surface area contributed by atoms with E-state index in [2.05, 4.69) is 10.1 Å². The van der Waals surface area contributed by atoms with Gasteiger partial charge in [-0.3, -0.25) is 9.48 Å². The van der Waals surface area contributed by atoms with E-state index in [-0.39, 0.29) is 17.0 Å². The Morgan fingerprint density at radius 2 is 2.21 bits per heavy atom. The molecule has 0 atom stereocenters. The first-order chi connectivity index (χ1) is 11.6. The van der Waals surface area contributed by atoms with Crippen molar-refractivity contribution in [3.05, 3.63) is 52.2 Å². The molecule has 0 amide bonds. The van der Waals surface area contributed by atoms with Crippen molar-refractivity contribution in [2.24, 2.45) is 0 Å². The molecule has 3 heterocycles. The first-order valence-electron chi connectivity index (χ1n) is 7.59. The molecule has 0 aliphatic carbocycles. The van der Waals surface area contributed by atoms with Gasteiger partial charge in [-0.15, -0.1) is 0 Å². The van der Waals surface area contributed by atoms with Crippen LogP contribution in [0.5, 0.6) is 5.88 Å². The van der Waals surface area contributed by atoms with E-state index in [0.717, 1.165) is 18.5 Å². The lowest BCUT2D eigenvalue weighted by atomic mass is 10.2. The molecular weight excluding hydrogens is 306 g/mol. The summed E-state index contributed by atoms with van der Waals surface area (Å²) in [7, 11) is 1.45. The van der Waals surface area contributed by atoms with Crippen molar-refractivity contribution in [1.29, 1.82) is 5.26 Å². The minimum Gasteiger partial charge on any atom is -0.480 e. The Morgan fingerprint density at radius 1 is 1.38 bits per heavy atom. The van der Waals surface area contributed by atoms with E-state index in [1.165, 1.54) is 13.2 Å². The van der Waals surface area contributed by atoms with E-state index in [9.17, 15) is 4.79 Å². The van der Waals surface area contributed by atoms with E-state index in [4.69, 9.17) is 10.00 Å². The maximum atomic E-state index is 12.6. The first-order valence-corrected chi connectivity index (χ1v) is 7.59. The number of hydrogen-bond donors (Lipinski definition) is 0. The summed E-state index contributed by atoms with van der Waals surface area (Å²) in [4.78, 5) is 16.8. The normalized spacial score (nSPS) is 10.7. The maximum Gasteiger partial charge on any atom is 0.260 e. The fourth-order valence-electron chi connectivity index (χ4n) is 2.60.